The van der Waals surface area contributed by atoms with Crippen LogP contribution in [0.4, 0.5) is 0 Å². The summed E-state index contributed by atoms with van der Waals surface area (Å²) < 4.78 is 10.3. The molecule has 0 aliphatic carbocycles. The van der Waals surface area contributed by atoms with Crippen molar-refractivity contribution in [1.82, 2.24) is 0 Å². The molecule has 0 heterocycles. The minimum atomic E-state index is -0.808. The third-order valence-corrected chi connectivity index (χ3v) is 1.92. The van der Waals surface area contributed by atoms with Crippen LogP contribution in [0.3, 0.4) is 0 Å². The summed E-state index contributed by atoms with van der Waals surface area (Å²) in [5.74, 6) is 0. The lowest BCUT2D eigenvalue weighted by molar-refractivity contribution is 0.603. The van der Waals surface area contributed by atoms with E-state index in [1.54, 1.807) is 24.3 Å². The second-order valence-electron chi connectivity index (χ2n) is 1.67. The first kappa shape index (κ1) is 6.85. The summed E-state index contributed by atoms with van der Waals surface area (Å²) in [6.45, 7) is 0. The molecule has 0 radical (unpaired) electrons. The highest BCUT2D eigenvalue weighted by Crippen LogP contribution is 2.06. The van der Waals surface area contributed by atoms with Gasteiger partial charge in [-0.15, -0.1) is 0 Å². The predicted octanol–water partition coefficient (Wildman–Crippen LogP) is 1.72. The smallest absolute Gasteiger partial charge is 0.0921 e. The average molecular weight is 161 g/mol. The zero-order valence-electron chi connectivity index (χ0n) is 4.67. The Balaban J connectivity index is 3.01. The summed E-state index contributed by atoms with van der Waals surface area (Å²) in [4.78, 5) is 0. The van der Waals surface area contributed by atoms with Crippen molar-refractivity contribution in [2.75, 3.05) is 0 Å². The molecular weight excluding hydrogens is 154 g/mol. The lowest BCUT2D eigenvalue weighted by Crippen LogP contribution is -1.86. The molecular formula is C6H6ClOP. The second kappa shape index (κ2) is 3.05. The average Bonchev–Trinajstić information content (AvgIpc) is 1.90. The molecule has 0 saturated carbocycles. The normalized spacial score (nSPS) is 10.8. The van der Waals surface area contributed by atoms with Gasteiger partial charge in [0.15, 0.2) is 0 Å². The van der Waals surface area contributed by atoms with E-state index in [2.05, 4.69) is 0 Å². The van der Waals surface area contributed by atoms with Crippen molar-refractivity contribution < 1.29 is 4.57 Å². The van der Waals surface area contributed by atoms with Gasteiger partial charge in [0.05, 0.1) is 8.46 Å². The Morgan fingerprint density at radius 2 is 1.78 bits per heavy atom. The van der Waals surface area contributed by atoms with Crippen molar-refractivity contribution in [2.45, 2.75) is 0 Å². The maximum Gasteiger partial charge on any atom is 0.0921 e. The van der Waals surface area contributed by atoms with Gasteiger partial charge in [0.2, 0.25) is 0 Å². The Labute approximate surface area is 59.9 Å². The largest absolute Gasteiger partial charge is 0.325 e. The van der Waals surface area contributed by atoms with Crippen molar-refractivity contribution in [2.24, 2.45) is 0 Å². The first-order valence-corrected chi connectivity index (χ1v) is 3.96. The Bertz CT molecular complexity index is 207. The molecule has 0 bridgehead atoms. The van der Waals surface area contributed by atoms with Crippen molar-refractivity contribution in [3.05, 3.63) is 29.3 Å². The summed E-state index contributed by atoms with van der Waals surface area (Å²) in [6, 6.07) is 7.01. The van der Waals surface area contributed by atoms with Gasteiger partial charge in [-0.2, -0.15) is 0 Å². The monoisotopic (exact) mass is 160 g/mol. The third kappa shape index (κ3) is 1.85. The molecule has 1 rings (SSSR count). The van der Waals surface area contributed by atoms with Gasteiger partial charge in [-0.05, 0) is 12.1 Å². The summed E-state index contributed by atoms with van der Waals surface area (Å²) in [5, 5.41) is 1.55. The van der Waals surface area contributed by atoms with Crippen molar-refractivity contribution in [1.29, 1.82) is 0 Å². The number of halogens is 1. The van der Waals surface area contributed by atoms with Gasteiger partial charge >= 0.3 is 0 Å². The van der Waals surface area contributed by atoms with Crippen LogP contribution in [0, 0.1) is 0 Å². The quantitative estimate of drug-likeness (QED) is 0.572. The van der Waals surface area contributed by atoms with Crippen LogP contribution in [0.1, 0.15) is 0 Å². The van der Waals surface area contributed by atoms with Gasteiger partial charge in [0, 0.05) is 10.3 Å². The maximum atomic E-state index is 10.3. The Morgan fingerprint density at radius 3 is 2.22 bits per heavy atom. The van der Waals surface area contributed by atoms with Crippen LogP contribution in [0.2, 0.25) is 5.02 Å². The summed E-state index contributed by atoms with van der Waals surface area (Å²) in [6.07, 6.45) is 0. The van der Waals surface area contributed by atoms with Gasteiger partial charge < -0.3 is 4.57 Å². The standard InChI is InChI=1S/C6H6ClOP/c7-5-1-3-6(9-8)4-2-5/h1-4H,9H2. The Morgan fingerprint density at radius 1 is 1.22 bits per heavy atom. The van der Waals surface area contributed by atoms with Crippen LogP contribution < -0.4 is 5.30 Å². The number of hydrogen-bond donors (Lipinski definition) is 0. The van der Waals surface area contributed by atoms with Crippen LogP contribution in [0.25, 0.3) is 0 Å². The van der Waals surface area contributed by atoms with E-state index >= 15 is 0 Å². The summed E-state index contributed by atoms with van der Waals surface area (Å²) in [5.41, 5.74) is 0. The minimum absolute atomic E-state index is 0.687. The number of hydrogen-bond acceptors (Lipinski definition) is 1. The highest BCUT2D eigenvalue weighted by Gasteiger charge is 1.85. The lowest BCUT2D eigenvalue weighted by atomic mass is 10.4. The third-order valence-electron chi connectivity index (χ3n) is 1.01. The number of benzene rings is 1. The molecule has 1 nitrogen and oxygen atoms in total. The second-order valence-corrected chi connectivity index (χ2v) is 3.01. The molecule has 1 aromatic rings. The van der Waals surface area contributed by atoms with Crippen molar-refractivity contribution >= 4 is 25.4 Å². The topological polar surface area (TPSA) is 17.1 Å². The van der Waals surface area contributed by atoms with Crippen LogP contribution in [-0.4, -0.2) is 0 Å². The van der Waals surface area contributed by atoms with Gasteiger partial charge in [-0.1, -0.05) is 23.7 Å². The molecule has 0 aliphatic rings. The zero-order chi connectivity index (χ0) is 6.69. The first-order valence-electron chi connectivity index (χ1n) is 2.53. The maximum absolute atomic E-state index is 10.3. The fourth-order valence-electron chi connectivity index (χ4n) is 0.541. The van der Waals surface area contributed by atoms with Gasteiger partial charge in [-0.25, -0.2) is 0 Å². The van der Waals surface area contributed by atoms with E-state index in [1.165, 1.54) is 0 Å². The van der Waals surface area contributed by atoms with Crippen LogP contribution >= 0.6 is 20.1 Å². The van der Waals surface area contributed by atoms with Gasteiger partial charge in [0.1, 0.15) is 0 Å². The molecule has 1 atom stereocenters. The summed E-state index contributed by atoms with van der Waals surface area (Å²) >= 11 is 5.58. The molecule has 48 valence electrons. The van der Waals surface area contributed by atoms with Crippen LogP contribution in [-0.2, 0) is 4.57 Å². The highest BCUT2D eigenvalue weighted by atomic mass is 35.5. The van der Waals surface area contributed by atoms with E-state index in [-0.39, 0.29) is 0 Å². The molecule has 1 aromatic carbocycles. The van der Waals surface area contributed by atoms with Gasteiger partial charge in [0.25, 0.3) is 0 Å². The van der Waals surface area contributed by atoms with E-state index < -0.39 is 8.46 Å². The molecule has 1 unspecified atom stereocenters. The molecule has 3 heteroatoms. The van der Waals surface area contributed by atoms with E-state index in [4.69, 9.17) is 11.6 Å². The molecule has 0 aromatic heterocycles. The lowest BCUT2D eigenvalue weighted by Gasteiger charge is -1.88. The SMILES string of the molecule is O=[PH2]c1ccc(Cl)cc1. The van der Waals surface area contributed by atoms with Crippen molar-refractivity contribution in [3.8, 4) is 0 Å². The van der Waals surface area contributed by atoms with E-state index in [1.807, 2.05) is 0 Å². The van der Waals surface area contributed by atoms with Crippen LogP contribution in [0.15, 0.2) is 24.3 Å². The molecule has 0 spiro atoms. The molecule has 0 amide bonds. The molecule has 0 fully saturated rings. The van der Waals surface area contributed by atoms with Gasteiger partial charge in [-0.3, -0.25) is 0 Å². The number of rotatable bonds is 1. The van der Waals surface area contributed by atoms with E-state index in [0.717, 1.165) is 5.30 Å². The predicted molar refractivity (Wildman–Crippen MR) is 41.5 cm³/mol. The summed E-state index contributed by atoms with van der Waals surface area (Å²) in [7, 11) is -0.808. The fourth-order valence-corrected chi connectivity index (χ4v) is 1.02. The first-order chi connectivity index (χ1) is 4.33. The molecule has 0 aliphatic heterocycles. The van der Waals surface area contributed by atoms with E-state index in [9.17, 15) is 4.57 Å². The molecule has 9 heavy (non-hydrogen) atoms. The Kier molecular flexibility index (Phi) is 2.32. The van der Waals surface area contributed by atoms with E-state index in [0.29, 0.717) is 5.02 Å². The Hall–Kier alpha value is -0.260. The highest BCUT2D eigenvalue weighted by molar-refractivity contribution is 7.34. The molecule has 0 saturated heterocycles. The minimum Gasteiger partial charge on any atom is -0.325 e. The molecule has 0 N–H and O–H groups in total. The zero-order valence-corrected chi connectivity index (χ0v) is 6.58. The van der Waals surface area contributed by atoms with Crippen LogP contribution in [0.5, 0.6) is 0 Å². The fraction of sp³-hybridized carbons (Fsp3) is 0. The van der Waals surface area contributed by atoms with Crippen molar-refractivity contribution in [3.63, 3.8) is 0 Å².